The van der Waals surface area contributed by atoms with Crippen LogP contribution in [-0.4, -0.2) is 18.2 Å². The zero-order valence-electron chi connectivity index (χ0n) is 11.6. The van der Waals surface area contributed by atoms with Gasteiger partial charge in [0.25, 0.3) is 0 Å². The summed E-state index contributed by atoms with van der Waals surface area (Å²) in [6.07, 6.45) is 2.37. The molecule has 0 bridgehead atoms. The first kappa shape index (κ1) is 15.3. The van der Waals surface area contributed by atoms with Crippen molar-refractivity contribution < 1.29 is 5.11 Å². The first-order valence-corrected chi connectivity index (χ1v) is 7.18. The molecule has 0 heterocycles. The van der Waals surface area contributed by atoms with Crippen molar-refractivity contribution in [3.8, 4) is 0 Å². The lowest BCUT2D eigenvalue weighted by Gasteiger charge is -2.29. The molecule has 0 atom stereocenters. The minimum atomic E-state index is -0.00553. The third kappa shape index (κ3) is 3.63. The largest absolute Gasteiger partial charge is 0.392 e. The summed E-state index contributed by atoms with van der Waals surface area (Å²) < 4.78 is 0. The maximum absolute atomic E-state index is 9.48. The first-order valence-electron chi connectivity index (χ1n) is 6.80. The van der Waals surface area contributed by atoms with Gasteiger partial charge in [-0.15, -0.1) is 0 Å². The fraction of sp³-hybridized carbons (Fsp3) is 0.600. The third-order valence-electron chi connectivity index (χ3n) is 3.61. The van der Waals surface area contributed by atoms with Gasteiger partial charge in [-0.3, -0.25) is 0 Å². The predicted octanol–water partition coefficient (Wildman–Crippen LogP) is 4.09. The van der Waals surface area contributed by atoms with E-state index in [1.54, 1.807) is 0 Å². The molecule has 0 amide bonds. The zero-order valence-corrected chi connectivity index (χ0v) is 12.4. The van der Waals surface area contributed by atoms with E-state index in [9.17, 15) is 5.11 Å². The molecule has 0 unspecified atom stereocenters. The molecule has 0 aromatic heterocycles. The molecule has 18 heavy (non-hydrogen) atoms. The van der Waals surface area contributed by atoms with Gasteiger partial charge in [0.05, 0.1) is 6.61 Å². The second-order valence-electron chi connectivity index (χ2n) is 4.62. The molecular formula is C15H24ClNO. The number of aliphatic hydroxyl groups is 1. The average Bonchev–Trinajstić information content (AvgIpc) is 2.40. The smallest absolute Gasteiger partial charge is 0.0716 e. The minimum Gasteiger partial charge on any atom is -0.392 e. The Balaban J connectivity index is 2.97. The van der Waals surface area contributed by atoms with Crippen molar-refractivity contribution in [1.29, 1.82) is 0 Å². The van der Waals surface area contributed by atoms with Crippen LogP contribution in [0.2, 0.25) is 5.02 Å². The normalized spacial score (nSPS) is 11.0. The fourth-order valence-corrected chi connectivity index (χ4v) is 2.49. The molecule has 0 aliphatic heterocycles. The molecule has 0 aliphatic carbocycles. The average molecular weight is 270 g/mol. The second kappa shape index (κ2) is 7.65. The van der Waals surface area contributed by atoms with Gasteiger partial charge in [-0.25, -0.2) is 0 Å². The summed E-state index contributed by atoms with van der Waals surface area (Å²) in [6.45, 7) is 8.55. The van der Waals surface area contributed by atoms with Gasteiger partial charge in [0, 0.05) is 29.4 Å². The number of hydrogen-bond acceptors (Lipinski definition) is 2. The highest BCUT2D eigenvalue weighted by Crippen LogP contribution is 2.28. The summed E-state index contributed by atoms with van der Waals surface area (Å²) in [5.41, 5.74) is 1.91. The van der Waals surface area contributed by atoms with Gasteiger partial charge >= 0.3 is 0 Å². The molecule has 3 heteroatoms. The molecular weight excluding hydrogens is 246 g/mol. The lowest BCUT2D eigenvalue weighted by Crippen LogP contribution is -2.29. The van der Waals surface area contributed by atoms with E-state index in [0.717, 1.165) is 24.3 Å². The van der Waals surface area contributed by atoms with Crippen LogP contribution in [0.25, 0.3) is 0 Å². The van der Waals surface area contributed by atoms with Gasteiger partial charge in [-0.05, 0) is 25.0 Å². The first-order chi connectivity index (χ1) is 8.67. The highest BCUT2D eigenvalue weighted by atomic mass is 35.5. The number of aliphatic hydroxyl groups excluding tert-OH is 1. The van der Waals surface area contributed by atoms with Crippen LogP contribution in [0.3, 0.4) is 0 Å². The molecule has 1 aromatic rings. The molecule has 0 spiro atoms. The van der Waals surface area contributed by atoms with Crippen LogP contribution in [-0.2, 0) is 6.61 Å². The number of rotatable bonds is 7. The summed E-state index contributed by atoms with van der Waals surface area (Å²) in [7, 11) is 0. The number of halogens is 1. The van der Waals surface area contributed by atoms with Crippen molar-refractivity contribution in [3.63, 3.8) is 0 Å². The molecule has 2 nitrogen and oxygen atoms in total. The molecule has 1 aromatic carbocycles. The summed E-state index contributed by atoms with van der Waals surface area (Å²) in [5, 5.41) is 10.1. The van der Waals surface area contributed by atoms with Crippen molar-refractivity contribution in [3.05, 3.63) is 28.8 Å². The Morgan fingerprint density at radius 3 is 2.39 bits per heavy atom. The van der Waals surface area contributed by atoms with E-state index < -0.39 is 0 Å². The highest BCUT2D eigenvalue weighted by Gasteiger charge is 2.15. The van der Waals surface area contributed by atoms with Crippen molar-refractivity contribution in [2.24, 2.45) is 5.92 Å². The van der Waals surface area contributed by atoms with Crippen molar-refractivity contribution in [1.82, 2.24) is 0 Å². The molecule has 0 aliphatic rings. The topological polar surface area (TPSA) is 23.5 Å². The summed E-state index contributed by atoms with van der Waals surface area (Å²) in [5.74, 6) is 0.690. The maximum Gasteiger partial charge on any atom is 0.0716 e. The monoisotopic (exact) mass is 269 g/mol. The molecule has 0 saturated carbocycles. The van der Waals surface area contributed by atoms with Crippen LogP contribution < -0.4 is 4.90 Å². The Morgan fingerprint density at radius 1 is 1.22 bits per heavy atom. The Bertz CT molecular complexity index is 364. The minimum absolute atomic E-state index is 0.00553. The lowest BCUT2D eigenvalue weighted by atomic mass is 10.0. The summed E-state index contributed by atoms with van der Waals surface area (Å²) in [6, 6.07) is 5.83. The van der Waals surface area contributed by atoms with Crippen LogP contribution in [0, 0.1) is 5.92 Å². The second-order valence-corrected chi connectivity index (χ2v) is 5.02. The van der Waals surface area contributed by atoms with Gasteiger partial charge in [0.1, 0.15) is 0 Å². The predicted molar refractivity (Wildman–Crippen MR) is 79.3 cm³/mol. The van der Waals surface area contributed by atoms with E-state index >= 15 is 0 Å². The van der Waals surface area contributed by atoms with Crippen LogP contribution in [0.4, 0.5) is 5.69 Å². The lowest BCUT2D eigenvalue weighted by molar-refractivity contribution is 0.282. The van der Waals surface area contributed by atoms with E-state index in [2.05, 4.69) is 25.7 Å². The Kier molecular flexibility index (Phi) is 6.51. The SMILES string of the molecule is CCC(CC)CN(CC)c1cccc(Cl)c1CO. The molecule has 1 rings (SSSR count). The Hall–Kier alpha value is -0.730. The van der Waals surface area contributed by atoms with E-state index in [1.165, 1.54) is 12.8 Å². The van der Waals surface area contributed by atoms with Gasteiger partial charge in [0.2, 0.25) is 0 Å². The van der Waals surface area contributed by atoms with Crippen molar-refractivity contribution in [2.45, 2.75) is 40.2 Å². The van der Waals surface area contributed by atoms with Gasteiger partial charge < -0.3 is 10.0 Å². The quantitative estimate of drug-likeness (QED) is 0.806. The summed E-state index contributed by atoms with van der Waals surface area (Å²) in [4.78, 5) is 2.31. The van der Waals surface area contributed by atoms with E-state index in [0.29, 0.717) is 10.9 Å². The summed E-state index contributed by atoms with van der Waals surface area (Å²) >= 11 is 6.15. The van der Waals surface area contributed by atoms with E-state index in [1.807, 2.05) is 18.2 Å². The number of anilines is 1. The molecule has 0 radical (unpaired) electrons. The van der Waals surface area contributed by atoms with Crippen LogP contribution >= 0.6 is 11.6 Å². The van der Waals surface area contributed by atoms with Crippen LogP contribution in [0.5, 0.6) is 0 Å². The zero-order chi connectivity index (χ0) is 13.5. The molecule has 102 valence electrons. The van der Waals surface area contributed by atoms with Gasteiger partial charge in [-0.2, -0.15) is 0 Å². The van der Waals surface area contributed by atoms with E-state index in [-0.39, 0.29) is 6.61 Å². The molecule has 0 saturated heterocycles. The fourth-order valence-electron chi connectivity index (χ4n) is 2.26. The number of hydrogen-bond donors (Lipinski definition) is 1. The molecule has 1 N–H and O–H groups in total. The van der Waals surface area contributed by atoms with Crippen molar-refractivity contribution >= 4 is 17.3 Å². The van der Waals surface area contributed by atoms with Crippen molar-refractivity contribution in [2.75, 3.05) is 18.0 Å². The standard InChI is InChI=1S/C15H24ClNO/c1-4-12(5-2)10-17(6-3)15-9-7-8-14(16)13(15)11-18/h7-9,12,18H,4-6,10-11H2,1-3H3. The Labute approximate surface area is 116 Å². The third-order valence-corrected chi connectivity index (χ3v) is 3.96. The van der Waals surface area contributed by atoms with Crippen LogP contribution in [0.1, 0.15) is 39.2 Å². The molecule has 0 fully saturated rings. The highest BCUT2D eigenvalue weighted by molar-refractivity contribution is 6.31. The maximum atomic E-state index is 9.48. The Morgan fingerprint density at radius 2 is 1.89 bits per heavy atom. The van der Waals surface area contributed by atoms with Gasteiger partial charge in [-0.1, -0.05) is 44.4 Å². The number of nitrogens with zero attached hydrogens (tertiary/aromatic N) is 1. The number of benzene rings is 1. The van der Waals surface area contributed by atoms with Crippen LogP contribution in [0.15, 0.2) is 18.2 Å². The van der Waals surface area contributed by atoms with E-state index in [4.69, 9.17) is 11.6 Å². The van der Waals surface area contributed by atoms with Gasteiger partial charge in [0.15, 0.2) is 0 Å².